The molecule has 1 unspecified atom stereocenters. The number of anilines is 1. The van der Waals surface area contributed by atoms with Crippen molar-refractivity contribution in [3.05, 3.63) is 53.8 Å². The predicted octanol–water partition coefficient (Wildman–Crippen LogP) is 2.74. The van der Waals surface area contributed by atoms with Crippen molar-refractivity contribution in [3.63, 3.8) is 0 Å². The molecule has 8 heteroatoms. The van der Waals surface area contributed by atoms with Crippen LogP contribution in [0, 0.1) is 5.82 Å². The van der Waals surface area contributed by atoms with Crippen LogP contribution >= 0.6 is 0 Å². The number of aryl methyl sites for hydroxylation is 1. The van der Waals surface area contributed by atoms with E-state index in [1.54, 1.807) is 35.9 Å². The van der Waals surface area contributed by atoms with Gasteiger partial charge in [0.25, 0.3) is 5.91 Å². The summed E-state index contributed by atoms with van der Waals surface area (Å²) in [4.78, 5) is 24.6. The van der Waals surface area contributed by atoms with E-state index in [-0.39, 0.29) is 0 Å². The summed E-state index contributed by atoms with van der Waals surface area (Å²) in [6.45, 7) is 4.35. The van der Waals surface area contributed by atoms with Crippen LogP contribution in [0.25, 0.3) is 11.0 Å². The van der Waals surface area contributed by atoms with Gasteiger partial charge in [-0.05, 0) is 49.7 Å². The van der Waals surface area contributed by atoms with E-state index in [1.807, 2.05) is 6.92 Å². The van der Waals surface area contributed by atoms with Crippen molar-refractivity contribution in [1.29, 1.82) is 0 Å². The normalized spacial score (nSPS) is 12.0. The SMILES string of the molecule is CCCn1nnc2cc(C(=O)NC(C)C(=O)Nc3cccc(F)c3)ccc21. The molecule has 3 rings (SSSR count). The minimum Gasteiger partial charge on any atom is -0.341 e. The summed E-state index contributed by atoms with van der Waals surface area (Å²) in [7, 11) is 0. The zero-order valence-corrected chi connectivity index (χ0v) is 15.1. The Bertz CT molecular complexity index is 985. The first-order valence-electron chi connectivity index (χ1n) is 8.68. The van der Waals surface area contributed by atoms with Crippen molar-refractivity contribution >= 4 is 28.5 Å². The van der Waals surface area contributed by atoms with Crippen LogP contribution in [0.1, 0.15) is 30.6 Å². The quantitative estimate of drug-likeness (QED) is 0.699. The van der Waals surface area contributed by atoms with Gasteiger partial charge < -0.3 is 10.6 Å². The van der Waals surface area contributed by atoms with Crippen molar-refractivity contribution in [3.8, 4) is 0 Å². The standard InChI is InChI=1S/C19H20FN5O2/c1-3-9-25-17-8-7-13(10-16(17)23-24-25)19(27)21-12(2)18(26)22-15-6-4-5-14(20)11-15/h4-8,10-12H,3,9H2,1-2H3,(H,21,27)(H,22,26). The van der Waals surface area contributed by atoms with Crippen molar-refractivity contribution < 1.29 is 14.0 Å². The Hall–Kier alpha value is -3.29. The second kappa shape index (κ2) is 7.94. The first-order chi connectivity index (χ1) is 13.0. The molecule has 3 aromatic rings. The molecule has 140 valence electrons. The van der Waals surface area contributed by atoms with Gasteiger partial charge >= 0.3 is 0 Å². The number of hydrogen-bond donors (Lipinski definition) is 2. The molecule has 0 bridgehead atoms. The molecule has 0 aliphatic rings. The highest BCUT2D eigenvalue weighted by atomic mass is 19.1. The molecule has 0 saturated carbocycles. The lowest BCUT2D eigenvalue weighted by molar-refractivity contribution is -0.117. The monoisotopic (exact) mass is 369 g/mol. The van der Waals surface area contributed by atoms with E-state index in [9.17, 15) is 14.0 Å². The highest BCUT2D eigenvalue weighted by Gasteiger charge is 2.18. The Balaban J connectivity index is 1.67. The maximum atomic E-state index is 13.2. The minimum atomic E-state index is -0.799. The smallest absolute Gasteiger partial charge is 0.251 e. The Kier molecular flexibility index (Phi) is 5.44. The fraction of sp³-hybridized carbons (Fsp3) is 0.263. The topological polar surface area (TPSA) is 88.9 Å². The number of nitrogens with one attached hydrogen (secondary N) is 2. The van der Waals surface area contributed by atoms with E-state index < -0.39 is 23.7 Å². The molecule has 1 aromatic heterocycles. The third-order valence-electron chi connectivity index (χ3n) is 4.04. The fourth-order valence-corrected chi connectivity index (χ4v) is 2.65. The zero-order valence-electron chi connectivity index (χ0n) is 15.1. The zero-order chi connectivity index (χ0) is 19.4. The number of amides is 2. The van der Waals surface area contributed by atoms with Crippen molar-refractivity contribution in [1.82, 2.24) is 20.3 Å². The van der Waals surface area contributed by atoms with Gasteiger partial charge in [0, 0.05) is 17.8 Å². The van der Waals surface area contributed by atoms with E-state index in [1.165, 1.54) is 18.2 Å². The van der Waals surface area contributed by atoms with E-state index in [0.717, 1.165) is 18.5 Å². The van der Waals surface area contributed by atoms with Crippen LogP contribution in [0.15, 0.2) is 42.5 Å². The number of nitrogens with zero attached hydrogens (tertiary/aromatic N) is 3. The molecule has 27 heavy (non-hydrogen) atoms. The van der Waals surface area contributed by atoms with E-state index in [0.29, 0.717) is 16.8 Å². The van der Waals surface area contributed by atoms with Gasteiger partial charge in [-0.15, -0.1) is 5.10 Å². The number of fused-ring (bicyclic) bond motifs is 1. The van der Waals surface area contributed by atoms with Crippen molar-refractivity contribution in [2.24, 2.45) is 0 Å². The van der Waals surface area contributed by atoms with Crippen LogP contribution in [0.5, 0.6) is 0 Å². The van der Waals surface area contributed by atoms with Gasteiger partial charge in [0.1, 0.15) is 17.4 Å². The van der Waals surface area contributed by atoms with Crippen LogP contribution in [-0.2, 0) is 11.3 Å². The van der Waals surface area contributed by atoms with Gasteiger partial charge in [0.15, 0.2) is 0 Å². The summed E-state index contributed by atoms with van der Waals surface area (Å²) in [6, 6.07) is 9.86. The van der Waals surface area contributed by atoms with Gasteiger partial charge in [-0.25, -0.2) is 9.07 Å². The van der Waals surface area contributed by atoms with Gasteiger partial charge in [-0.3, -0.25) is 9.59 Å². The molecule has 0 saturated heterocycles. The number of hydrogen-bond acceptors (Lipinski definition) is 4. The number of aromatic nitrogens is 3. The lowest BCUT2D eigenvalue weighted by atomic mass is 10.1. The molecular weight excluding hydrogens is 349 g/mol. The average molecular weight is 369 g/mol. The highest BCUT2D eigenvalue weighted by Crippen LogP contribution is 2.14. The molecule has 2 N–H and O–H groups in total. The minimum absolute atomic E-state index is 0.329. The third kappa shape index (κ3) is 4.28. The van der Waals surface area contributed by atoms with Crippen LogP contribution in [0.2, 0.25) is 0 Å². The first-order valence-corrected chi connectivity index (χ1v) is 8.68. The Morgan fingerprint density at radius 2 is 2.04 bits per heavy atom. The molecule has 0 aliphatic carbocycles. The first kappa shape index (κ1) is 18.5. The molecule has 7 nitrogen and oxygen atoms in total. The molecular formula is C19H20FN5O2. The molecule has 2 amide bonds. The Morgan fingerprint density at radius 1 is 1.22 bits per heavy atom. The Labute approximate surface area is 155 Å². The summed E-state index contributed by atoms with van der Waals surface area (Å²) in [5.41, 5.74) is 2.18. The number of halogens is 1. The van der Waals surface area contributed by atoms with Crippen molar-refractivity contribution in [2.75, 3.05) is 5.32 Å². The van der Waals surface area contributed by atoms with Crippen LogP contribution < -0.4 is 10.6 Å². The summed E-state index contributed by atoms with van der Waals surface area (Å²) in [5, 5.41) is 13.3. The van der Waals surface area contributed by atoms with E-state index in [4.69, 9.17) is 0 Å². The number of carbonyl (C=O) groups is 2. The van der Waals surface area contributed by atoms with Gasteiger partial charge in [0.2, 0.25) is 5.91 Å². The van der Waals surface area contributed by atoms with E-state index >= 15 is 0 Å². The number of rotatable bonds is 6. The largest absolute Gasteiger partial charge is 0.341 e. The summed E-state index contributed by atoms with van der Waals surface area (Å²) in [5.74, 6) is -1.29. The van der Waals surface area contributed by atoms with Gasteiger partial charge in [-0.2, -0.15) is 0 Å². The molecule has 1 heterocycles. The fourth-order valence-electron chi connectivity index (χ4n) is 2.65. The lowest BCUT2D eigenvalue weighted by Crippen LogP contribution is -2.41. The molecule has 0 spiro atoms. The van der Waals surface area contributed by atoms with Gasteiger partial charge in [0.05, 0.1) is 5.52 Å². The molecule has 0 aliphatic heterocycles. The van der Waals surface area contributed by atoms with Crippen LogP contribution in [-0.4, -0.2) is 32.9 Å². The van der Waals surface area contributed by atoms with Gasteiger partial charge in [-0.1, -0.05) is 18.2 Å². The van der Waals surface area contributed by atoms with Crippen LogP contribution in [0.4, 0.5) is 10.1 Å². The maximum Gasteiger partial charge on any atom is 0.251 e. The summed E-state index contributed by atoms with van der Waals surface area (Å²) >= 11 is 0. The maximum absolute atomic E-state index is 13.2. The molecule has 2 aromatic carbocycles. The van der Waals surface area contributed by atoms with Crippen molar-refractivity contribution in [2.45, 2.75) is 32.9 Å². The number of carbonyl (C=O) groups excluding carboxylic acids is 2. The average Bonchev–Trinajstić information content (AvgIpc) is 3.04. The molecule has 0 radical (unpaired) electrons. The Morgan fingerprint density at radius 3 is 2.78 bits per heavy atom. The second-order valence-electron chi connectivity index (χ2n) is 6.21. The second-order valence-corrected chi connectivity index (χ2v) is 6.21. The third-order valence-corrected chi connectivity index (χ3v) is 4.04. The number of benzene rings is 2. The summed E-state index contributed by atoms with van der Waals surface area (Å²) in [6.07, 6.45) is 0.929. The molecule has 1 atom stereocenters. The predicted molar refractivity (Wildman–Crippen MR) is 99.8 cm³/mol. The molecule has 0 fully saturated rings. The van der Waals surface area contributed by atoms with E-state index in [2.05, 4.69) is 20.9 Å². The lowest BCUT2D eigenvalue weighted by Gasteiger charge is -2.14. The van der Waals surface area contributed by atoms with Crippen LogP contribution in [0.3, 0.4) is 0 Å². The summed E-state index contributed by atoms with van der Waals surface area (Å²) < 4.78 is 15.0. The highest BCUT2D eigenvalue weighted by molar-refractivity contribution is 6.02.